The van der Waals surface area contributed by atoms with E-state index < -0.39 is 84.6 Å². The Labute approximate surface area is 305 Å². The lowest BCUT2D eigenvalue weighted by Gasteiger charge is -2.30. The molecule has 1 fully saturated rings. The Morgan fingerprint density at radius 2 is 1.77 bits per heavy atom. The number of hydrogen-bond donors (Lipinski definition) is 9. The van der Waals surface area contributed by atoms with Crippen LogP contribution in [0.5, 0.6) is 0 Å². The van der Waals surface area contributed by atoms with Crippen molar-refractivity contribution in [3.8, 4) is 0 Å². The highest BCUT2D eigenvalue weighted by Crippen LogP contribution is 2.61. The monoisotopic (exact) mass is 835 g/mol. The molecule has 2 aromatic heterocycles. The molecule has 53 heavy (non-hydrogen) atoms. The number of nitrogen functional groups attached to an aromatic ring is 1. The van der Waals surface area contributed by atoms with Crippen LogP contribution in [0.4, 0.5) is 5.82 Å². The number of aliphatic hydroxyl groups excluding tert-OH is 2. The average molecular weight is 836 g/mol. The van der Waals surface area contributed by atoms with Crippen molar-refractivity contribution in [3.63, 3.8) is 0 Å². The molecule has 3 heterocycles. The van der Waals surface area contributed by atoms with Gasteiger partial charge in [-0.1, -0.05) is 31.7 Å². The van der Waals surface area contributed by atoms with E-state index in [1.165, 1.54) is 19.9 Å². The van der Waals surface area contributed by atoms with Crippen LogP contribution in [0.3, 0.4) is 0 Å². The van der Waals surface area contributed by atoms with Gasteiger partial charge in [0.05, 0.1) is 19.5 Å². The van der Waals surface area contributed by atoms with E-state index in [2.05, 4.69) is 34.4 Å². The highest BCUT2D eigenvalue weighted by Gasteiger charge is 2.50. The van der Waals surface area contributed by atoms with Crippen molar-refractivity contribution in [2.24, 2.45) is 5.41 Å². The molecule has 3 rings (SSSR count). The number of carbonyl (C=O) groups excluding carboxylic acids is 3. The fraction of sp³-hybridized carbons (Fsp3) is 0.600. The van der Waals surface area contributed by atoms with Gasteiger partial charge in [0.1, 0.15) is 36.3 Å². The normalized spacial score (nSPS) is 22.4. The number of aliphatic hydroxyl groups is 2. The summed E-state index contributed by atoms with van der Waals surface area (Å²) >= 11 is 1.01. The molecule has 0 bridgehead atoms. The third-order valence-corrected chi connectivity index (χ3v) is 11.0. The molecule has 1 aliphatic rings. The van der Waals surface area contributed by atoms with Crippen LogP contribution in [-0.4, -0.2) is 123 Å². The fourth-order valence-corrected chi connectivity index (χ4v) is 7.93. The molecular weight excluding hydrogens is 795 g/mol. The quantitative estimate of drug-likeness (QED) is 0.0449. The van der Waals surface area contributed by atoms with Crippen molar-refractivity contribution in [2.75, 3.05) is 37.8 Å². The maximum absolute atomic E-state index is 12.6. The minimum atomic E-state index is -5.56. The number of thioether (sulfide) groups is 1. The van der Waals surface area contributed by atoms with E-state index in [1.54, 1.807) is 13.0 Å². The van der Waals surface area contributed by atoms with Gasteiger partial charge in [-0.3, -0.25) is 32.5 Å². The molecule has 0 saturated carbocycles. The number of amides is 2. The third kappa shape index (κ3) is 13.5. The second-order valence-corrected chi connectivity index (χ2v) is 17.1. The van der Waals surface area contributed by atoms with E-state index in [4.69, 9.17) is 19.5 Å². The lowest BCUT2D eigenvalue weighted by molar-refractivity contribution is -0.137. The summed E-state index contributed by atoms with van der Waals surface area (Å²) in [6, 6.07) is 0. The largest absolute Gasteiger partial charge is 0.481 e. The summed E-state index contributed by atoms with van der Waals surface area (Å²) in [5.74, 6) is -1.13. The minimum absolute atomic E-state index is 0.0300. The SMILES string of the molecule is C/C=C/C(=O)SCCNC(=O)CCNC(=O)C(O)C(C)(C)COP(=O)(O)OP(=O)(O)OC[C@H]1O[C@@H](n2cnc3c(N)ncnc32)[C@H](O)[C@@H]1OP(=O)(O)O. The molecule has 1 aliphatic heterocycles. The first-order valence-electron chi connectivity index (χ1n) is 15.2. The Morgan fingerprint density at radius 3 is 2.43 bits per heavy atom. The van der Waals surface area contributed by atoms with Crippen LogP contribution in [0.15, 0.2) is 24.8 Å². The summed E-state index contributed by atoms with van der Waals surface area (Å²) in [7, 11) is -16.4. The Kier molecular flexibility index (Phi) is 15.8. The molecule has 24 nitrogen and oxygen atoms in total. The van der Waals surface area contributed by atoms with Gasteiger partial charge in [-0.05, 0) is 13.0 Å². The number of imidazole rings is 1. The maximum atomic E-state index is 12.6. The molecule has 1 saturated heterocycles. The topological polar surface area (TPSA) is 364 Å². The molecule has 7 atom stereocenters. The smallest absolute Gasteiger partial charge is 0.386 e. The summed E-state index contributed by atoms with van der Waals surface area (Å²) in [4.78, 5) is 86.7. The van der Waals surface area contributed by atoms with Gasteiger partial charge >= 0.3 is 23.5 Å². The lowest BCUT2D eigenvalue weighted by Crippen LogP contribution is -2.46. The predicted molar refractivity (Wildman–Crippen MR) is 182 cm³/mol. The van der Waals surface area contributed by atoms with Gasteiger partial charge in [0.25, 0.3) is 0 Å². The predicted octanol–water partition coefficient (Wildman–Crippen LogP) is -0.759. The van der Waals surface area contributed by atoms with E-state index in [0.29, 0.717) is 5.75 Å². The number of ether oxygens (including phenoxy) is 1. The molecule has 2 aromatic rings. The van der Waals surface area contributed by atoms with Crippen molar-refractivity contribution < 1.29 is 80.5 Å². The van der Waals surface area contributed by atoms with Crippen LogP contribution < -0.4 is 16.4 Å². The first-order valence-corrected chi connectivity index (χ1v) is 20.7. The van der Waals surface area contributed by atoms with Crippen molar-refractivity contribution in [1.82, 2.24) is 30.2 Å². The number of aromatic nitrogens is 4. The standard InChI is InChI=1S/C25H40N7O17P3S/c1-4-5-16(34)53-9-8-27-15(33)6-7-28-23(37)20(36)25(2,3)11-46-52(43,44)49-51(41,42)45-10-14-19(48-50(38,39)40)18(35)24(47-14)32-13-31-17-21(26)29-12-30-22(17)32/h4-5,12-14,18-20,24,35-36H,6-11H2,1-3H3,(H,27,33)(H,28,37)(H,41,42)(H,43,44)(H2,26,29,30)(H2,38,39,40)/b5-4+/t14-,18-,19-,20?,24-/m1/s1. The lowest BCUT2D eigenvalue weighted by atomic mass is 9.87. The van der Waals surface area contributed by atoms with Gasteiger partial charge in [0.2, 0.25) is 16.9 Å². The van der Waals surface area contributed by atoms with Crippen LogP contribution in [0.1, 0.15) is 33.4 Å². The van der Waals surface area contributed by atoms with Gasteiger partial charge in [-0.15, -0.1) is 0 Å². The summed E-state index contributed by atoms with van der Waals surface area (Å²) in [5.41, 5.74) is 4.26. The van der Waals surface area contributed by atoms with Crippen LogP contribution in [0, 0.1) is 5.41 Å². The summed E-state index contributed by atoms with van der Waals surface area (Å²) in [6.45, 7) is 2.17. The Bertz CT molecular complexity index is 1790. The molecule has 0 radical (unpaired) electrons. The van der Waals surface area contributed by atoms with Gasteiger partial charge in [0.15, 0.2) is 17.7 Å². The first-order chi connectivity index (χ1) is 24.6. The zero-order chi connectivity index (χ0) is 39.8. The molecule has 2 amide bonds. The van der Waals surface area contributed by atoms with Crippen molar-refractivity contribution in [3.05, 3.63) is 24.8 Å². The van der Waals surface area contributed by atoms with Crippen LogP contribution in [-0.2, 0) is 50.7 Å². The van der Waals surface area contributed by atoms with Gasteiger partial charge in [-0.2, -0.15) is 4.31 Å². The summed E-state index contributed by atoms with van der Waals surface area (Å²) in [6.07, 6.45) is -3.94. The minimum Gasteiger partial charge on any atom is -0.386 e. The van der Waals surface area contributed by atoms with Crippen molar-refractivity contribution in [1.29, 1.82) is 0 Å². The van der Waals surface area contributed by atoms with Crippen LogP contribution >= 0.6 is 35.2 Å². The van der Waals surface area contributed by atoms with E-state index in [-0.39, 0.29) is 41.6 Å². The molecule has 0 spiro atoms. The Morgan fingerprint density at radius 1 is 1.09 bits per heavy atom. The van der Waals surface area contributed by atoms with Crippen LogP contribution in [0.2, 0.25) is 0 Å². The second kappa shape index (κ2) is 18.8. The fourth-order valence-electron chi connectivity index (χ4n) is 4.47. The number of nitrogens with zero attached hydrogens (tertiary/aromatic N) is 4. The highest BCUT2D eigenvalue weighted by atomic mass is 32.2. The zero-order valence-electron chi connectivity index (χ0n) is 28.2. The van der Waals surface area contributed by atoms with Crippen molar-refractivity contribution in [2.45, 2.75) is 57.8 Å². The highest BCUT2D eigenvalue weighted by molar-refractivity contribution is 8.14. The molecular formula is C25H40N7O17P3S. The van der Waals surface area contributed by atoms with E-state index in [0.717, 1.165) is 29.0 Å². The average Bonchev–Trinajstić information content (AvgIpc) is 3.61. The number of nitrogens with two attached hydrogens (primary N) is 1. The molecule has 28 heteroatoms. The number of hydrogen-bond acceptors (Lipinski definition) is 18. The number of anilines is 1. The maximum Gasteiger partial charge on any atom is 0.481 e. The molecule has 0 aliphatic carbocycles. The number of fused-ring (bicyclic) bond motifs is 1. The van der Waals surface area contributed by atoms with Crippen LogP contribution in [0.25, 0.3) is 11.2 Å². The second-order valence-electron chi connectivity index (χ2n) is 11.7. The first kappa shape index (κ1) is 44.7. The van der Waals surface area contributed by atoms with Gasteiger partial charge in [0, 0.05) is 30.7 Å². The van der Waals surface area contributed by atoms with Gasteiger partial charge in [-0.25, -0.2) is 28.6 Å². The molecule has 10 N–H and O–H groups in total. The molecule has 298 valence electrons. The zero-order valence-corrected chi connectivity index (χ0v) is 31.7. The Balaban J connectivity index is 1.52. The Hall–Kier alpha value is -2.70. The number of phosphoric acid groups is 3. The number of allylic oxidation sites excluding steroid dienone is 1. The number of carbonyl (C=O) groups is 3. The van der Waals surface area contributed by atoms with Crippen molar-refractivity contribution >= 4 is 69.1 Å². The number of phosphoric ester groups is 3. The van der Waals surface area contributed by atoms with Gasteiger partial charge < -0.3 is 50.9 Å². The summed E-state index contributed by atoms with van der Waals surface area (Å²) in [5, 5.41) is 26.1. The number of nitrogens with one attached hydrogen (secondary N) is 2. The number of rotatable bonds is 20. The summed E-state index contributed by atoms with van der Waals surface area (Å²) < 4.78 is 61.9. The molecule has 3 unspecified atom stereocenters. The third-order valence-electron chi connectivity index (χ3n) is 7.05. The van der Waals surface area contributed by atoms with E-state index in [9.17, 15) is 57.9 Å². The molecule has 0 aromatic carbocycles. The van der Waals surface area contributed by atoms with E-state index in [1.807, 2.05) is 0 Å². The van der Waals surface area contributed by atoms with E-state index >= 15 is 0 Å².